The van der Waals surface area contributed by atoms with Gasteiger partial charge in [0, 0.05) is 10.4 Å². The summed E-state index contributed by atoms with van der Waals surface area (Å²) in [6, 6.07) is 6.65. The Morgan fingerprint density at radius 3 is 2.60 bits per heavy atom. The van der Waals surface area contributed by atoms with Gasteiger partial charge < -0.3 is 10.2 Å². The third-order valence-corrected chi connectivity index (χ3v) is 6.37. The molecule has 2 amide bonds. The molecule has 1 aliphatic rings. The minimum Gasteiger partial charge on any atom is -0.480 e. The van der Waals surface area contributed by atoms with Crippen molar-refractivity contribution in [1.82, 2.24) is 14.7 Å². The van der Waals surface area contributed by atoms with Crippen molar-refractivity contribution < 1.29 is 37.8 Å². The van der Waals surface area contributed by atoms with Crippen LogP contribution in [0.2, 0.25) is 5.02 Å². The van der Waals surface area contributed by atoms with Crippen LogP contribution >= 0.6 is 23.4 Å². The Morgan fingerprint density at radius 2 is 1.94 bits per heavy atom. The van der Waals surface area contributed by atoms with Crippen molar-refractivity contribution in [2.45, 2.75) is 18.8 Å². The van der Waals surface area contributed by atoms with Crippen LogP contribution in [-0.4, -0.2) is 54.7 Å². The first kappa shape index (κ1) is 24.8. The van der Waals surface area contributed by atoms with E-state index in [2.05, 4.69) is 5.10 Å². The fourth-order valence-corrected chi connectivity index (χ4v) is 4.65. The van der Waals surface area contributed by atoms with Crippen molar-refractivity contribution in [3.63, 3.8) is 0 Å². The third-order valence-electron chi connectivity index (χ3n) is 5.25. The maximum Gasteiger partial charge on any atom is 0.416 e. The molecule has 0 radical (unpaired) electrons. The predicted molar refractivity (Wildman–Crippen MR) is 122 cm³/mol. The summed E-state index contributed by atoms with van der Waals surface area (Å²) in [5.74, 6) is -2.36. The fraction of sp³-hybridized carbons (Fsp3) is 0.182. The molecule has 13 heteroatoms. The van der Waals surface area contributed by atoms with E-state index in [1.165, 1.54) is 29.1 Å². The molecule has 4 rings (SSSR count). The highest BCUT2D eigenvalue weighted by Crippen LogP contribution is 2.36. The van der Waals surface area contributed by atoms with E-state index in [0.717, 1.165) is 6.07 Å². The molecule has 0 saturated carbocycles. The summed E-state index contributed by atoms with van der Waals surface area (Å²) in [6.07, 6.45) is -1.75. The molecule has 1 fully saturated rings. The molecular weight excluding hydrogens is 511 g/mol. The fourth-order valence-electron chi connectivity index (χ4n) is 3.60. The Kier molecular flexibility index (Phi) is 6.62. The molecule has 0 spiro atoms. The van der Waals surface area contributed by atoms with Crippen molar-refractivity contribution in [2.75, 3.05) is 6.61 Å². The molecule has 35 heavy (non-hydrogen) atoms. The van der Waals surface area contributed by atoms with Gasteiger partial charge in [0.25, 0.3) is 11.1 Å². The van der Waals surface area contributed by atoms with Crippen molar-refractivity contribution in [2.24, 2.45) is 0 Å². The van der Waals surface area contributed by atoms with Crippen LogP contribution in [0.25, 0.3) is 17.0 Å². The second-order valence-corrected chi connectivity index (χ2v) is 8.94. The minimum atomic E-state index is -4.59. The number of benzene rings is 2. The molecule has 1 saturated heterocycles. The van der Waals surface area contributed by atoms with E-state index < -0.39 is 41.5 Å². The SMILES string of the molecule is O=C(O)[C@H](CO)N1C(=O)SC(=Cc2ccc3c(cnn3Cc3ccc(Cl)cc3C(F)(F)F)c2)C1=O. The van der Waals surface area contributed by atoms with Gasteiger partial charge in [0.15, 0.2) is 6.04 Å². The number of carboxylic acids is 1. The second kappa shape index (κ2) is 9.36. The highest BCUT2D eigenvalue weighted by molar-refractivity contribution is 8.18. The lowest BCUT2D eigenvalue weighted by Crippen LogP contribution is -2.46. The van der Waals surface area contributed by atoms with E-state index in [1.807, 2.05) is 0 Å². The van der Waals surface area contributed by atoms with Crippen molar-refractivity contribution >= 4 is 57.5 Å². The van der Waals surface area contributed by atoms with Crippen molar-refractivity contribution in [3.8, 4) is 0 Å². The zero-order valence-corrected chi connectivity index (χ0v) is 19.1. The van der Waals surface area contributed by atoms with Crippen LogP contribution < -0.4 is 0 Å². The van der Waals surface area contributed by atoms with Crippen LogP contribution in [0, 0.1) is 0 Å². The molecule has 2 aromatic carbocycles. The Labute approximate surface area is 204 Å². The predicted octanol–water partition coefficient (Wildman–Crippen LogP) is 4.24. The molecule has 0 aliphatic carbocycles. The van der Waals surface area contributed by atoms with E-state index in [4.69, 9.17) is 16.7 Å². The Morgan fingerprint density at radius 1 is 1.20 bits per heavy atom. The Balaban J connectivity index is 1.62. The summed E-state index contributed by atoms with van der Waals surface area (Å²) in [5, 5.41) is 22.3. The standard InChI is InChI=1S/C22H15ClF3N3O5S/c23-14-3-2-12(15(7-14)22(24,25)26)9-28-16-4-1-11(5-13(16)8-27-28)6-18-19(31)29(21(34)35-18)17(10-30)20(32)33/h1-8,17,30H,9-10H2,(H,32,33)/t17-/m0/s1. The lowest BCUT2D eigenvalue weighted by molar-refractivity contribution is -0.147. The summed E-state index contributed by atoms with van der Waals surface area (Å²) in [4.78, 5) is 36.4. The van der Waals surface area contributed by atoms with Crippen LogP contribution in [0.3, 0.4) is 0 Å². The van der Waals surface area contributed by atoms with Gasteiger partial charge in [0.1, 0.15) is 0 Å². The lowest BCUT2D eigenvalue weighted by Gasteiger charge is -2.18. The zero-order chi connectivity index (χ0) is 25.5. The number of aromatic nitrogens is 2. The number of aliphatic hydroxyl groups is 1. The number of fused-ring (bicyclic) bond motifs is 1. The van der Waals surface area contributed by atoms with Gasteiger partial charge in [-0.15, -0.1) is 0 Å². The van der Waals surface area contributed by atoms with Crippen LogP contribution in [-0.2, 0) is 22.3 Å². The third kappa shape index (κ3) is 4.90. The molecule has 182 valence electrons. The maximum atomic E-state index is 13.4. The smallest absolute Gasteiger partial charge is 0.416 e. The normalized spacial score (nSPS) is 16.5. The average Bonchev–Trinajstić information content (AvgIpc) is 3.30. The molecule has 0 unspecified atom stereocenters. The van der Waals surface area contributed by atoms with Gasteiger partial charge >= 0.3 is 12.1 Å². The van der Waals surface area contributed by atoms with Gasteiger partial charge in [0.05, 0.1) is 35.3 Å². The minimum absolute atomic E-state index is 0.0125. The summed E-state index contributed by atoms with van der Waals surface area (Å²) in [7, 11) is 0. The number of hydrogen-bond acceptors (Lipinski definition) is 6. The van der Waals surface area contributed by atoms with E-state index >= 15 is 0 Å². The molecule has 0 bridgehead atoms. The van der Waals surface area contributed by atoms with Crippen LogP contribution in [0.5, 0.6) is 0 Å². The van der Waals surface area contributed by atoms with Crippen molar-refractivity contribution in [1.29, 1.82) is 0 Å². The Bertz CT molecular complexity index is 1390. The number of aliphatic hydroxyl groups excluding tert-OH is 1. The number of carbonyl (C=O) groups is 3. The van der Waals surface area contributed by atoms with E-state index in [-0.39, 0.29) is 22.0 Å². The number of carboxylic acid groups (broad SMARTS) is 1. The molecule has 8 nitrogen and oxygen atoms in total. The zero-order valence-electron chi connectivity index (χ0n) is 17.5. The van der Waals surface area contributed by atoms with E-state index in [0.29, 0.717) is 33.1 Å². The quantitative estimate of drug-likeness (QED) is 0.463. The van der Waals surface area contributed by atoms with E-state index in [9.17, 15) is 32.7 Å². The topological polar surface area (TPSA) is 113 Å². The molecule has 1 aromatic heterocycles. The number of carbonyl (C=O) groups excluding carboxylic acids is 2. The summed E-state index contributed by atoms with van der Waals surface area (Å²) < 4.78 is 41.7. The van der Waals surface area contributed by atoms with E-state index in [1.54, 1.807) is 18.2 Å². The second-order valence-electron chi connectivity index (χ2n) is 7.51. The number of alkyl halides is 3. The number of amides is 2. The molecule has 1 atom stereocenters. The van der Waals surface area contributed by atoms with Gasteiger partial charge in [-0.1, -0.05) is 23.7 Å². The molecule has 2 N–H and O–H groups in total. The summed E-state index contributed by atoms with van der Waals surface area (Å²) >= 11 is 6.28. The average molecular weight is 526 g/mol. The van der Waals surface area contributed by atoms with Crippen LogP contribution in [0.15, 0.2) is 47.5 Å². The van der Waals surface area contributed by atoms with Gasteiger partial charge in [-0.2, -0.15) is 18.3 Å². The molecule has 1 aliphatic heterocycles. The Hall–Kier alpha value is -3.35. The van der Waals surface area contributed by atoms with Gasteiger partial charge in [-0.3, -0.25) is 19.2 Å². The highest BCUT2D eigenvalue weighted by Gasteiger charge is 2.42. The largest absolute Gasteiger partial charge is 0.480 e. The summed E-state index contributed by atoms with van der Waals surface area (Å²) in [5.41, 5.74) is 0.149. The first-order valence-electron chi connectivity index (χ1n) is 9.91. The number of nitrogens with zero attached hydrogens (tertiary/aromatic N) is 3. The number of rotatable bonds is 6. The number of imide groups is 1. The molecular formula is C22H15ClF3N3O5S. The van der Waals surface area contributed by atoms with Gasteiger partial charge in [-0.05, 0) is 53.2 Å². The number of thioether (sulfide) groups is 1. The van der Waals surface area contributed by atoms with Crippen LogP contribution in [0.1, 0.15) is 16.7 Å². The lowest BCUT2D eigenvalue weighted by atomic mass is 10.1. The molecule has 2 heterocycles. The maximum absolute atomic E-state index is 13.4. The van der Waals surface area contributed by atoms with Crippen LogP contribution in [0.4, 0.5) is 18.0 Å². The monoisotopic (exact) mass is 525 g/mol. The number of aliphatic carboxylic acids is 1. The highest BCUT2D eigenvalue weighted by atomic mass is 35.5. The first-order valence-corrected chi connectivity index (χ1v) is 11.1. The summed E-state index contributed by atoms with van der Waals surface area (Å²) in [6.45, 7) is -1.08. The van der Waals surface area contributed by atoms with Gasteiger partial charge in [0.2, 0.25) is 0 Å². The number of hydrogen-bond donors (Lipinski definition) is 2. The molecule has 3 aromatic rings. The first-order chi connectivity index (χ1) is 16.5. The number of halogens is 4. The van der Waals surface area contributed by atoms with Gasteiger partial charge in [-0.25, -0.2) is 4.79 Å². The van der Waals surface area contributed by atoms with Crippen molar-refractivity contribution in [3.05, 3.63) is 69.2 Å².